The largest absolute Gasteiger partial charge is 0.488 e. The maximum absolute atomic E-state index is 12.4. The molecule has 42 heavy (non-hydrogen) atoms. The smallest absolute Gasteiger partial charge is 0.340 e. The molecule has 0 fully saturated rings. The second-order valence-corrected chi connectivity index (χ2v) is 11.0. The molecule has 3 rings (SSSR count). The lowest BCUT2D eigenvalue weighted by atomic mass is 9.94. The van der Waals surface area contributed by atoms with Crippen LogP contribution in [-0.2, 0) is 0 Å². The van der Waals surface area contributed by atoms with Crippen LogP contribution in [0.15, 0.2) is 48.5 Å². The molecule has 0 radical (unpaired) electrons. The lowest BCUT2D eigenvalue weighted by Crippen LogP contribution is -2.22. The lowest BCUT2D eigenvalue weighted by Gasteiger charge is -2.22. The van der Waals surface area contributed by atoms with Crippen LogP contribution in [0.1, 0.15) is 83.0 Å². The van der Waals surface area contributed by atoms with Gasteiger partial charge in [0.05, 0.1) is 0 Å². The van der Waals surface area contributed by atoms with E-state index < -0.39 is 68.8 Å². The van der Waals surface area contributed by atoms with Crippen molar-refractivity contribution in [2.45, 2.75) is 52.7 Å². The predicted octanol–water partition coefficient (Wildman–Crippen LogP) is 6.42. The molecule has 4 N–H and O–H groups in total. The van der Waals surface area contributed by atoms with Crippen molar-refractivity contribution in [1.29, 1.82) is 0 Å². The molecule has 0 amide bonds. The van der Waals surface area contributed by atoms with Gasteiger partial charge in [-0.2, -0.15) is 0 Å². The quantitative estimate of drug-likeness (QED) is 0.206. The van der Waals surface area contributed by atoms with Crippen molar-refractivity contribution in [2.75, 3.05) is 0 Å². The molecule has 0 saturated heterocycles. The van der Waals surface area contributed by atoms with E-state index in [4.69, 9.17) is 18.9 Å². The van der Waals surface area contributed by atoms with Gasteiger partial charge in [0.1, 0.15) is 56.5 Å². The zero-order valence-corrected chi connectivity index (χ0v) is 23.7. The minimum atomic E-state index is -1.90. The Morgan fingerprint density at radius 1 is 0.452 bits per heavy atom. The van der Waals surface area contributed by atoms with Crippen molar-refractivity contribution in [2.24, 2.45) is 0 Å². The fourth-order valence-corrected chi connectivity index (χ4v) is 3.82. The second-order valence-electron chi connectivity index (χ2n) is 11.0. The van der Waals surface area contributed by atoms with E-state index in [0.717, 1.165) is 0 Å². The first kappa shape index (κ1) is 31.3. The van der Waals surface area contributed by atoms with E-state index in [1.165, 1.54) is 48.5 Å². The number of carboxylic acid groups (broad SMARTS) is 4. The highest BCUT2D eigenvalue weighted by Gasteiger charge is 2.39. The summed E-state index contributed by atoms with van der Waals surface area (Å²) in [6, 6.07) is 11.1. The van der Waals surface area contributed by atoms with Gasteiger partial charge >= 0.3 is 23.9 Å². The minimum Gasteiger partial charge on any atom is -0.488 e. The van der Waals surface area contributed by atoms with Gasteiger partial charge in [0.25, 0.3) is 0 Å². The summed E-state index contributed by atoms with van der Waals surface area (Å²) in [7, 11) is 0. The van der Waals surface area contributed by atoms with Gasteiger partial charge in [0, 0.05) is 0 Å². The molecule has 0 spiro atoms. The van der Waals surface area contributed by atoms with Gasteiger partial charge < -0.3 is 39.4 Å². The highest BCUT2D eigenvalue weighted by atomic mass is 16.5. The number of carbonyl (C=O) groups is 4. The predicted molar refractivity (Wildman–Crippen MR) is 148 cm³/mol. The van der Waals surface area contributed by atoms with Crippen LogP contribution in [0.3, 0.4) is 0 Å². The number of ether oxygens (including phenoxy) is 4. The summed E-state index contributed by atoms with van der Waals surface area (Å²) in [5.41, 5.74) is -5.58. The topological polar surface area (TPSA) is 186 Å². The van der Waals surface area contributed by atoms with Crippen LogP contribution in [0, 0.1) is 0 Å². The van der Waals surface area contributed by atoms with E-state index in [1.54, 1.807) is 0 Å². The van der Waals surface area contributed by atoms with Crippen molar-refractivity contribution in [3.63, 3.8) is 0 Å². The average Bonchev–Trinajstić information content (AvgIpc) is 2.83. The standard InChI is InChI=1S/C30H30O12/c1-29(2,3)41-17-11-7-15(8-12-17)39-23-19(25(31)32)21(27(35)36)24(22(28(37)38)20(23)26(33)34)40-16-9-13-18(14-10-16)42-30(4,5)6/h7-14H,1-6H3,(H,31,32)(H,33,34)(H,35,36)(H,37,38). The number of aromatic carboxylic acids is 4. The fraction of sp³-hybridized carbons (Fsp3) is 0.267. The lowest BCUT2D eigenvalue weighted by molar-refractivity contribution is 0.0626. The van der Waals surface area contributed by atoms with Crippen LogP contribution in [-0.4, -0.2) is 55.5 Å². The van der Waals surface area contributed by atoms with Gasteiger partial charge in [-0.1, -0.05) is 0 Å². The molecule has 0 saturated carbocycles. The maximum Gasteiger partial charge on any atom is 0.340 e. The van der Waals surface area contributed by atoms with Gasteiger partial charge in [0.15, 0.2) is 11.5 Å². The molecule has 0 aliphatic rings. The molecule has 0 heterocycles. The first-order valence-electron chi connectivity index (χ1n) is 12.5. The third-order valence-corrected chi connectivity index (χ3v) is 5.20. The molecule has 12 nitrogen and oxygen atoms in total. The van der Waals surface area contributed by atoms with Crippen molar-refractivity contribution in [3.05, 3.63) is 70.8 Å². The maximum atomic E-state index is 12.4. The molecule has 3 aromatic rings. The van der Waals surface area contributed by atoms with Gasteiger partial charge in [-0.25, -0.2) is 19.2 Å². The summed E-state index contributed by atoms with van der Waals surface area (Å²) >= 11 is 0. The Balaban J connectivity index is 2.25. The molecule has 222 valence electrons. The molecule has 0 aliphatic carbocycles. The van der Waals surface area contributed by atoms with E-state index >= 15 is 0 Å². The van der Waals surface area contributed by atoms with Crippen LogP contribution in [0.2, 0.25) is 0 Å². The molecule has 0 atom stereocenters. The van der Waals surface area contributed by atoms with Crippen molar-refractivity contribution in [1.82, 2.24) is 0 Å². The molecule has 0 aliphatic heterocycles. The zero-order chi connectivity index (χ0) is 31.6. The van der Waals surface area contributed by atoms with Crippen molar-refractivity contribution >= 4 is 23.9 Å². The SMILES string of the molecule is CC(C)(C)Oc1ccc(Oc2c(C(=O)O)c(C(=O)O)c(Oc3ccc(OC(C)(C)C)cc3)c(C(=O)O)c2C(=O)O)cc1. The Kier molecular flexibility index (Phi) is 8.70. The molecular weight excluding hydrogens is 552 g/mol. The first-order valence-corrected chi connectivity index (χ1v) is 12.5. The van der Waals surface area contributed by atoms with Crippen LogP contribution in [0.4, 0.5) is 0 Å². The number of hydrogen-bond acceptors (Lipinski definition) is 8. The van der Waals surface area contributed by atoms with Gasteiger partial charge in [-0.05, 0) is 90.1 Å². The fourth-order valence-electron chi connectivity index (χ4n) is 3.82. The van der Waals surface area contributed by atoms with E-state index in [1.807, 2.05) is 41.5 Å². The summed E-state index contributed by atoms with van der Waals surface area (Å²) in [5, 5.41) is 40.2. The molecule has 12 heteroatoms. The zero-order valence-electron chi connectivity index (χ0n) is 23.7. The highest BCUT2D eigenvalue weighted by Crippen LogP contribution is 2.43. The number of benzene rings is 3. The van der Waals surface area contributed by atoms with Crippen molar-refractivity contribution in [3.8, 4) is 34.5 Å². The summed E-state index contributed by atoms with van der Waals surface area (Å²) in [4.78, 5) is 49.6. The Morgan fingerprint density at radius 3 is 0.857 bits per heavy atom. The molecular formula is C30H30O12. The number of hydrogen-bond donors (Lipinski definition) is 4. The average molecular weight is 583 g/mol. The van der Waals surface area contributed by atoms with E-state index in [0.29, 0.717) is 11.5 Å². The third-order valence-electron chi connectivity index (χ3n) is 5.20. The molecule has 0 aromatic heterocycles. The van der Waals surface area contributed by atoms with Crippen LogP contribution in [0.5, 0.6) is 34.5 Å². The van der Waals surface area contributed by atoms with Gasteiger partial charge in [-0.15, -0.1) is 0 Å². The van der Waals surface area contributed by atoms with Crippen LogP contribution >= 0.6 is 0 Å². The van der Waals surface area contributed by atoms with E-state index in [2.05, 4.69) is 0 Å². The third kappa shape index (κ3) is 7.47. The molecule has 0 unspecified atom stereocenters. The Labute approximate surface area is 240 Å². The summed E-state index contributed by atoms with van der Waals surface area (Å²) in [5.74, 6) is -9.00. The molecule has 0 bridgehead atoms. The molecule has 3 aromatic carbocycles. The highest BCUT2D eigenvalue weighted by molar-refractivity contribution is 6.15. The summed E-state index contributed by atoms with van der Waals surface area (Å²) in [6.07, 6.45) is 0. The normalized spacial score (nSPS) is 11.4. The number of carboxylic acids is 4. The van der Waals surface area contributed by atoms with Crippen molar-refractivity contribution < 1.29 is 58.6 Å². The Morgan fingerprint density at radius 2 is 0.667 bits per heavy atom. The summed E-state index contributed by atoms with van der Waals surface area (Å²) in [6.45, 7) is 10.9. The van der Waals surface area contributed by atoms with Crippen LogP contribution < -0.4 is 18.9 Å². The summed E-state index contributed by atoms with van der Waals surface area (Å²) < 4.78 is 22.6. The minimum absolute atomic E-state index is 0.114. The Hall–Kier alpha value is -5.26. The Bertz CT molecular complexity index is 1350. The van der Waals surface area contributed by atoms with Gasteiger partial charge in [-0.3, -0.25) is 0 Å². The number of rotatable bonds is 10. The monoisotopic (exact) mass is 582 g/mol. The van der Waals surface area contributed by atoms with E-state index in [-0.39, 0.29) is 11.5 Å². The van der Waals surface area contributed by atoms with E-state index in [9.17, 15) is 39.6 Å². The first-order chi connectivity index (χ1) is 19.4. The second kappa shape index (κ2) is 11.7. The van der Waals surface area contributed by atoms with Gasteiger partial charge in [0.2, 0.25) is 0 Å². The van der Waals surface area contributed by atoms with Crippen LogP contribution in [0.25, 0.3) is 0 Å².